The number of hydrogen-bond acceptors (Lipinski definition) is 2. The first-order valence-electron chi connectivity index (χ1n) is 5.64. The summed E-state index contributed by atoms with van der Waals surface area (Å²) in [6.45, 7) is 1.41. The number of carbonyl (C=O) groups excluding carboxylic acids is 1. The summed E-state index contributed by atoms with van der Waals surface area (Å²) in [5.41, 5.74) is 0. The normalized spacial score (nSPS) is 30.1. The molecule has 0 bridgehead atoms. The maximum absolute atomic E-state index is 11.6. The molecule has 84 valence electrons. The lowest BCUT2D eigenvalue weighted by Gasteiger charge is -2.20. The van der Waals surface area contributed by atoms with Crippen molar-refractivity contribution in [3.8, 4) is 0 Å². The van der Waals surface area contributed by atoms with E-state index in [9.17, 15) is 4.79 Å². The lowest BCUT2D eigenvalue weighted by molar-refractivity contribution is 0.188. The predicted molar refractivity (Wildman–Crippen MR) is 57.7 cm³/mol. The van der Waals surface area contributed by atoms with Crippen LogP contribution in [0.25, 0.3) is 0 Å². The van der Waals surface area contributed by atoms with Gasteiger partial charge in [-0.05, 0) is 25.7 Å². The van der Waals surface area contributed by atoms with Crippen molar-refractivity contribution in [2.24, 2.45) is 0 Å². The molecule has 1 fully saturated rings. The van der Waals surface area contributed by atoms with Gasteiger partial charge >= 0.3 is 6.03 Å². The van der Waals surface area contributed by atoms with Gasteiger partial charge < -0.3 is 15.4 Å². The number of carbonyl (C=O) groups is 1. The van der Waals surface area contributed by atoms with Crippen molar-refractivity contribution in [2.45, 2.75) is 37.8 Å². The third kappa shape index (κ3) is 3.23. The Morgan fingerprint density at radius 1 is 1.20 bits per heavy atom. The standard InChI is InChI=1S/C11H18N2O2/c14-11(13-10-6-7-15-8-10)12-9-4-2-1-3-5-9/h1-2,9-10H,3-8H2,(H2,12,13,14). The Bertz CT molecular complexity index is 247. The van der Waals surface area contributed by atoms with Crippen LogP contribution in [0.15, 0.2) is 12.2 Å². The van der Waals surface area contributed by atoms with Crippen LogP contribution in [0, 0.1) is 0 Å². The van der Waals surface area contributed by atoms with Crippen LogP contribution in [0.2, 0.25) is 0 Å². The second-order valence-corrected chi connectivity index (χ2v) is 4.16. The van der Waals surface area contributed by atoms with E-state index in [1.165, 1.54) is 0 Å². The number of nitrogens with one attached hydrogen (secondary N) is 2. The average molecular weight is 210 g/mol. The molecule has 4 heteroatoms. The van der Waals surface area contributed by atoms with Crippen LogP contribution < -0.4 is 10.6 Å². The molecule has 2 aliphatic rings. The minimum absolute atomic E-state index is 0.0502. The van der Waals surface area contributed by atoms with Crippen LogP contribution in [-0.4, -0.2) is 31.3 Å². The molecule has 1 aliphatic carbocycles. The maximum Gasteiger partial charge on any atom is 0.315 e. The highest BCUT2D eigenvalue weighted by atomic mass is 16.5. The fraction of sp³-hybridized carbons (Fsp3) is 0.727. The van der Waals surface area contributed by atoms with Gasteiger partial charge in [-0.15, -0.1) is 0 Å². The molecule has 0 aromatic carbocycles. The number of amides is 2. The van der Waals surface area contributed by atoms with Gasteiger partial charge in [0.05, 0.1) is 12.6 Å². The van der Waals surface area contributed by atoms with Gasteiger partial charge in [0, 0.05) is 12.6 Å². The molecule has 0 saturated carbocycles. The first-order chi connectivity index (χ1) is 7.34. The van der Waals surface area contributed by atoms with Crippen LogP contribution in [-0.2, 0) is 4.74 Å². The summed E-state index contributed by atoms with van der Waals surface area (Å²) in [4.78, 5) is 11.6. The van der Waals surface area contributed by atoms with E-state index in [0.29, 0.717) is 12.6 Å². The SMILES string of the molecule is O=C(NC1CC=CCC1)NC1CCOC1. The van der Waals surface area contributed by atoms with Crippen LogP contribution in [0.3, 0.4) is 0 Å². The summed E-state index contributed by atoms with van der Waals surface area (Å²) in [7, 11) is 0. The van der Waals surface area contributed by atoms with E-state index >= 15 is 0 Å². The number of hydrogen-bond donors (Lipinski definition) is 2. The average Bonchev–Trinajstić information content (AvgIpc) is 2.71. The van der Waals surface area contributed by atoms with E-state index < -0.39 is 0 Å². The number of allylic oxidation sites excluding steroid dienone is 1. The van der Waals surface area contributed by atoms with E-state index in [0.717, 1.165) is 32.3 Å². The van der Waals surface area contributed by atoms with Gasteiger partial charge in [-0.1, -0.05) is 12.2 Å². The zero-order chi connectivity index (χ0) is 10.5. The van der Waals surface area contributed by atoms with Gasteiger partial charge in [0.2, 0.25) is 0 Å². The molecule has 0 aromatic heterocycles. The van der Waals surface area contributed by atoms with Crippen LogP contribution in [0.5, 0.6) is 0 Å². The lowest BCUT2D eigenvalue weighted by atomic mass is 10.0. The smallest absolute Gasteiger partial charge is 0.315 e. The Morgan fingerprint density at radius 2 is 2.07 bits per heavy atom. The lowest BCUT2D eigenvalue weighted by Crippen LogP contribution is -2.46. The fourth-order valence-corrected chi connectivity index (χ4v) is 1.99. The predicted octanol–water partition coefficient (Wildman–Crippen LogP) is 1.18. The molecule has 1 heterocycles. The van der Waals surface area contributed by atoms with Gasteiger partial charge in [-0.3, -0.25) is 0 Å². The molecule has 4 nitrogen and oxygen atoms in total. The van der Waals surface area contributed by atoms with Crippen molar-refractivity contribution >= 4 is 6.03 Å². The van der Waals surface area contributed by atoms with Crippen LogP contribution in [0.1, 0.15) is 25.7 Å². The second kappa shape index (κ2) is 5.16. The summed E-state index contributed by atoms with van der Waals surface area (Å²) in [6, 6.07) is 0.451. The second-order valence-electron chi connectivity index (χ2n) is 4.16. The van der Waals surface area contributed by atoms with E-state index in [-0.39, 0.29) is 12.1 Å². The van der Waals surface area contributed by atoms with Crippen molar-refractivity contribution in [1.29, 1.82) is 0 Å². The highest BCUT2D eigenvalue weighted by Gasteiger charge is 2.19. The van der Waals surface area contributed by atoms with Crippen molar-refractivity contribution < 1.29 is 9.53 Å². The number of rotatable bonds is 2. The summed E-state index contributed by atoms with van der Waals surface area (Å²) in [6.07, 6.45) is 8.29. The number of urea groups is 1. The van der Waals surface area contributed by atoms with Gasteiger partial charge in [0.15, 0.2) is 0 Å². The third-order valence-corrected chi connectivity index (χ3v) is 2.87. The molecule has 2 atom stereocenters. The fourth-order valence-electron chi connectivity index (χ4n) is 1.99. The Hall–Kier alpha value is -1.03. The Balaban J connectivity index is 1.69. The van der Waals surface area contributed by atoms with E-state index in [4.69, 9.17) is 4.74 Å². The molecule has 0 radical (unpaired) electrons. The summed E-state index contributed by atoms with van der Waals surface area (Å²) < 4.78 is 5.19. The van der Waals surface area contributed by atoms with Gasteiger partial charge in [-0.2, -0.15) is 0 Å². The minimum Gasteiger partial charge on any atom is -0.379 e. The summed E-state index contributed by atoms with van der Waals surface area (Å²) in [5, 5.41) is 5.92. The summed E-state index contributed by atoms with van der Waals surface area (Å²) in [5.74, 6) is 0. The summed E-state index contributed by atoms with van der Waals surface area (Å²) >= 11 is 0. The first kappa shape index (κ1) is 10.5. The topological polar surface area (TPSA) is 50.4 Å². The van der Waals surface area contributed by atoms with Crippen molar-refractivity contribution in [1.82, 2.24) is 10.6 Å². The van der Waals surface area contributed by atoms with Crippen molar-refractivity contribution in [2.75, 3.05) is 13.2 Å². The monoisotopic (exact) mass is 210 g/mol. The van der Waals surface area contributed by atoms with Crippen molar-refractivity contribution in [3.63, 3.8) is 0 Å². The molecule has 2 unspecified atom stereocenters. The first-order valence-corrected chi connectivity index (χ1v) is 5.64. The molecular formula is C11H18N2O2. The zero-order valence-electron chi connectivity index (χ0n) is 8.87. The largest absolute Gasteiger partial charge is 0.379 e. The quantitative estimate of drug-likeness (QED) is 0.672. The van der Waals surface area contributed by atoms with E-state index in [1.807, 2.05) is 0 Å². The Kier molecular flexibility index (Phi) is 3.61. The van der Waals surface area contributed by atoms with Crippen LogP contribution >= 0.6 is 0 Å². The van der Waals surface area contributed by atoms with E-state index in [2.05, 4.69) is 22.8 Å². The van der Waals surface area contributed by atoms with E-state index in [1.54, 1.807) is 0 Å². The van der Waals surface area contributed by atoms with Crippen molar-refractivity contribution in [3.05, 3.63) is 12.2 Å². The highest BCUT2D eigenvalue weighted by Crippen LogP contribution is 2.10. The molecule has 1 saturated heterocycles. The maximum atomic E-state index is 11.6. The molecule has 2 amide bonds. The third-order valence-electron chi connectivity index (χ3n) is 2.87. The van der Waals surface area contributed by atoms with Crippen LogP contribution in [0.4, 0.5) is 4.79 Å². The molecule has 2 rings (SSSR count). The van der Waals surface area contributed by atoms with Gasteiger partial charge in [-0.25, -0.2) is 4.79 Å². The molecule has 0 spiro atoms. The minimum atomic E-state index is -0.0502. The molecule has 15 heavy (non-hydrogen) atoms. The Labute approximate surface area is 90.1 Å². The zero-order valence-corrected chi connectivity index (χ0v) is 8.87. The molecular weight excluding hydrogens is 192 g/mol. The molecule has 2 N–H and O–H groups in total. The highest BCUT2D eigenvalue weighted by molar-refractivity contribution is 5.74. The number of ether oxygens (including phenoxy) is 1. The molecule has 1 aliphatic heterocycles. The van der Waals surface area contributed by atoms with Gasteiger partial charge in [0.1, 0.15) is 0 Å². The van der Waals surface area contributed by atoms with Gasteiger partial charge in [0.25, 0.3) is 0 Å². The molecule has 0 aromatic rings. The Morgan fingerprint density at radius 3 is 2.73 bits per heavy atom.